The summed E-state index contributed by atoms with van der Waals surface area (Å²) >= 11 is 12.2. The molecule has 3 aromatic rings. The normalized spacial score (nSPS) is 15.6. The molecule has 0 saturated carbocycles. The van der Waals surface area contributed by atoms with Gasteiger partial charge in [-0.15, -0.1) is 0 Å². The fourth-order valence-electron chi connectivity index (χ4n) is 3.34. The number of amides is 1. The van der Waals surface area contributed by atoms with Crippen LogP contribution in [0.2, 0.25) is 10.0 Å². The summed E-state index contributed by atoms with van der Waals surface area (Å²) in [6.07, 6.45) is 0. The minimum atomic E-state index is -3.85. The van der Waals surface area contributed by atoms with Crippen molar-refractivity contribution < 1.29 is 13.2 Å². The van der Waals surface area contributed by atoms with Crippen LogP contribution in [0.25, 0.3) is 10.9 Å². The minimum absolute atomic E-state index is 0.0800. The molecule has 1 aliphatic rings. The zero-order valence-corrected chi connectivity index (χ0v) is 17.6. The third-order valence-electron chi connectivity index (χ3n) is 4.86. The fourth-order valence-corrected chi connectivity index (χ4v) is 5.85. The van der Waals surface area contributed by atoms with Gasteiger partial charge in [0, 0.05) is 31.6 Å². The Morgan fingerprint density at radius 3 is 2.21 bits per heavy atom. The van der Waals surface area contributed by atoms with Crippen molar-refractivity contribution in [3.05, 3.63) is 70.3 Å². The Hall–Kier alpha value is -2.19. The Morgan fingerprint density at radius 1 is 0.862 bits per heavy atom. The molecule has 1 saturated heterocycles. The maximum absolute atomic E-state index is 13.0. The lowest BCUT2D eigenvalue weighted by molar-refractivity contribution is 0.0692. The number of hydrogen-bond acceptors (Lipinski definition) is 4. The van der Waals surface area contributed by atoms with Gasteiger partial charge in [-0.3, -0.25) is 4.79 Å². The second kappa shape index (κ2) is 7.91. The van der Waals surface area contributed by atoms with Crippen LogP contribution in [-0.4, -0.2) is 54.7 Å². The van der Waals surface area contributed by atoms with Crippen molar-refractivity contribution >= 4 is 50.0 Å². The van der Waals surface area contributed by atoms with E-state index in [4.69, 9.17) is 23.2 Å². The summed E-state index contributed by atoms with van der Waals surface area (Å²) in [5, 5.41) is 1.12. The van der Waals surface area contributed by atoms with Crippen LogP contribution < -0.4 is 0 Å². The first-order valence-corrected chi connectivity index (χ1v) is 11.2. The lowest BCUT2D eigenvalue weighted by atomic mass is 10.2. The van der Waals surface area contributed by atoms with Gasteiger partial charge >= 0.3 is 0 Å². The average Bonchev–Trinajstić information content (AvgIpc) is 2.72. The number of fused-ring (bicyclic) bond motifs is 1. The highest BCUT2D eigenvalue weighted by Crippen LogP contribution is 2.32. The number of nitrogens with zero attached hydrogens (tertiary/aromatic N) is 3. The molecule has 6 nitrogen and oxygen atoms in total. The largest absolute Gasteiger partial charge is 0.335 e. The van der Waals surface area contributed by atoms with E-state index in [0.29, 0.717) is 5.69 Å². The van der Waals surface area contributed by atoms with Crippen LogP contribution in [0.1, 0.15) is 10.5 Å². The Balaban J connectivity index is 1.50. The van der Waals surface area contributed by atoms with E-state index in [0.717, 1.165) is 10.9 Å². The van der Waals surface area contributed by atoms with Crippen LogP contribution in [0.3, 0.4) is 0 Å². The molecule has 2 heterocycles. The molecule has 150 valence electrons. The van der Waals surface area contributed by atoms with Crippen LogP contribution >= 0.6 is 23.2 Å². The molecule has 1 aliphatic heterocycles. The van der Waals surface area contributed by atoms with E-state index in [-0.39, 0.29) is 47.0 Å². The van der Waals surface area contributed by atoms with E-state index in [1.807, 2.05) is 30.3 Å². The Bertz CT molecular complexity index is 1170. The van der Waals surface area contributed by atoms with Crippen LogP contribution in [-0.2, 0) is 10.0 Å². The number of rotatable bonds is 3. The third kappa shape index (κ3) is 3.83. The maximum Gasteiger partial charge on any atom is 0.272 e. The summed E-state index contributed by atoms with van der Waals surface area (Å²) in [5.74, 6) is -0.219. The van der Waals surface area contributed by atoms with Crippen LogP contribution in [0, 0.1) is 0 Å². The first-order chi connectivity index (χ1) is 13.9. The molecule has 2 aromatic carbocycles. The number of piperazine rings is 1. The van der Waals surface area contributed by atoms with Gasteiger partial charge in [0.2, 0.25) is 10.0 Å². The molecule has 4 rings (SSSR count). The van der Waals surface area contributed by atoms with Crippen LogP contribution in [0.4, 0.5) is 0 Å². The average molecular weight is 450 g/mol. The summed E-state index contributed by atoms with van der Waals surface area (Å²) in [7, 11) is -3.85. The van der Waals surface area contributed by atoms with Crippen LogP contribution in [0.15, 0.2) is 59.5 Å². The molecule has 9 heteroatoms. The van der Waals surface area contributed by atoms with Gasteiger partial charge in [-0.25, -0.2) is 13.4 Å². The van der Waals surface area contributed by atoms with E-state index in [1.54, 1.807) is 17.0 Å². The summed E-state index contributed by atoms with van der Waals surface area (Å²) in [4.78, 5) is 18.8. The Kier molecular flexibility index (Phi) is 5.48. The van der Waals surface area contributed by atoms with Gasteiger partial charge in [-0.1, -0.05) is 53.5 Å². The number of pyridine rings is 1. The maximum atomic E-state index is 13.0. The molecule has 0 radical (unpaired) electrons. The Labute approximate surface area is 178 Å². The van der Waals surface area contributed by atoms with Crippen molar-refractivity contribution in [2.75, 3.05) is 26.2 Å². The van der Waals surface area contributed by atoms with Gasteiger partial charge in [-0.2, -0.15) is 4.31 Å². The summed E-state index contributed by atoms with van der Waals surface area (Å²) in [6.45, 7) is 0.829. The van der Waals surface area contributed by atoms with E-state index in [1.165, 1.54) is 16.4 Å². The molecule has 0 bridgehead atoms. The van der Waals surface area contributed by atoms with Crippen molar-refractivity contribution in [3.8, 4) is 0 Å². The van der Waals surface area contributed by atoms with Crippen molar-refractivity contribution in [2.45, 2.75) is 4.90 Å². The predicted octanol–water partition coefficient (Wildman–Crippen LogP) is 3.69. The first kappa shape index (κ1) is 20.1. The number of hydrogen-bond donors (Lipinski definition) is 0. The fraction of sp³-hybridized carbons (Fsp3) is 0.200. The van der Waals surface area contributed by atoms with E-state index in [9.17, 15) is 13.2 Å². The number of aromatic nitrogens is 1. The zero-order valence-electron chi connectivity index (χ0n) is 15.3. The number of sulfonamides is 1. The standard InChI is InChI=1S/C20H17Cl2N3O3S/c21-15-5-3-6-16(22)19(15)29(27,28)25-12-10-24(11-13-25)20(26)18-9-8-14-4-1-2-7-17(14)23-18/h1-9H,10-13H2. The number of benzene rings is 2. The van der Waals surface area contributed by atoms with E-state index < -0.39 is 10.0 Å². The van der Waals surface area contributed by atoms with Crippen molar-refractivity contribution in [2.24, 2.45) is 0 Å². The molecule has 1 aromatic heterocycles. The first-order valence-electron chi connectivity index (χ1n) is 8.97. The van der Waals surface area contributed by atoms with Gasteiger partial charge in [0.25, 0.3) is 5.91 Å². The van der Waals surface area contributed by atoms with Crippen molar-refractivity contribution in [3.63, 3.8) is 0 Å². The molecular weight excluding hydrogens is 433 g/mol. The second-order valence-electron chi connectivity index (χ2n) is 6.64. The molecule has 29 heavy (non-hydrogen) atoms. The second-order valence-corrected chi connectivity index (χ2v) is 9.33. The van der Waals surface area contributed by atoms with Gasteiger partial charge in [0.1, 0.15) is 10.6 Å². The monoisotopic (exact) mass is 449 g/mol. The topological polar surface area (TPSA) is 70.6 Å². The molecule has 0 spiro atoms. The smallest absolute Gasteiger partial charge is 0.272 e. The van der Waals surface area contributed by atoms with Gasteiger partial charge in [0.15, 0.2) is 0 Å². The number of carbonyl (C=O) groups is 1. The number of para-hydroxylation sites is 1. The van der Waals surface area contributed by atoms with Gasteiger partial charge in [0.05, 0.1) is 15.6 Å². The third-order valence-corrected chi connectivity index (χ3v) is 7.71. The highest BCUT2D eigenvalue weighted by molar-refractivity contribution is 7.89. The van der Waals surface area contributed by atoms with E-state index >= 15 is 0 Å². The van der Waals surface area contributed by atoms with Crippen LogP contribution in [0.5, 0.6) is 0 Å². The number of carbonyl (C=O) groups excluding carboxylic acids is 1. The highest BCUT2D eigenvalue weighted by atomic mass is 35.5. The highest BCUT2D eigenvalue weighted by Gasteiger charge is 2.33. The van der Waals surface area contributed by atoms with Crippen molar-refractivity contribution in [1.29, 1.82) is 0 Å². The molecule has 1 amide bonds. The molecular formula is C20H17Cl2N3O3S. The van der Waals surface area contributed by atoms with Crippen molar-refractivity contribution in [1.82, 2.24) is 14.2 Å². The predicted molar refractivity (Wildman–Crippen MR) is 113 cm³/mol. The molecule has 0 aliphatic carbocycles. The lowest BCUT2D eigenvalue weighted by Crippen LogP contribution is -2.50. The molecule has 0 atom stereocenters. The Morgan fingerprint density at radius 2 is 1.52 bits per heavy atom. The van der Waals surface area contributed by atoms with Gasteiger partial charge in [-0.05, 0) is 24.3 Å². The number of halogens is 2. The zero-order chi connectivity index (χ0) is 20.6. The summed E-state index contributed by atoms with van der Waals surface area (Å²) in [6, 6.07) is 15.7. The molecule has 1 fully saturated rings. The van der Waals surface area contributed by atoms with E-state index in [2.05, 4.69) is 4.98 Å². The quantitative estimate of drug-likeness (QED) is 0.611. The SMILES string of the molecule is O=C(c1ccc2ccccc2n1)N1CCN(S(=O)(=O)c2c(Cl)cccc2Cl)CC1. The summed E-state index contributed by atoms with van der Waals surface area (Å²) < 4.78 is 27.2. The molecule has 0 N–H and O–H groups in total. The minimum Gasteiger partial charge on any atom is -0.335 e. The lowest BCUT2D eigenvalue weighted by Gasteiger charge is -2.34. The summed E-state index contributed by atoms with van der Waals surface area (Å²) in [5.41, 5.74) is 1.09. The van der Waals surface area contributed by atoms with Gasteiger partial charge < -0.3 is 4.90 Å². The molecule has 0 unspecified atom stereocenters.